The van der Waals surface area contributed by atoms with Crippen molar-refractivity contribution in [1.82, 2.24) is 20.2 Å². The fourth-order valence-electron chi connectivity index (χ4n) is 7.49. The van der Waals surface area contributed by atoms with Gasteiger partial charge in [-0.3, -0.25) is 14.5 Å². The van der Waals surface area contributed by atoms with Crippen LogP contribution in [-0.4, -0.2) is 98.3 Å². The zero-order valence-electron chi connectivity index (χ0n) is 31.0. The molecule has 3 aliphatic rings. The first kappa shape index (κ1) is 37.1. The second-order valence-corrected chi connectivity index (χ2v) is 14.9. The zero-order chi connectivity index (χ0) is 36.4. The largest absolute Gasteiger partial charge is 0.448 e. The van der Waals surface area contributed by atoms with Crippen molar-refractivity contribution >= 4 is 23.5 Å². The van der Waals surface area contributed by atoms with E-state index in [0.717, 1.165) is 66.6 Å². The number of fused-ring (bicyclic) bond motifs is 1. The molecule has 3 aromatic rings. The van der Waals surface area contributed by atoms with Crippen molar-refractivity contribution in [1.29, 1.82) is 0 Å². The van der Waals surface area contributed by atoms with Crippen molar-refractivity contribution in [2.45, 2.75) is 83.2 Å². The average molecular weight is 722 g/mol. The molecule has 13 heteroatoms. The van der Waals surface area contributed by atoms with Crippen LogP contribution < -0.4 is 25.2 Å². The summed E-state index contributed by atoms with van der Waals surface area (Å²) < 4.78 is 30.4. The molecule has 3 atom stereocenters. The summed E-state index contributed by atoms with van der Waals surface area (Å²) in [5.41, 5.74) is 3.75. The first-order valence-electron chi connectivity index (χ1n) is 17.7. The maximum atomic E-state index is 14.0. The van der Waals surface area contributed by atoms with Crippen LogP contribution in [-0.2, 0) is 20.8 Å². The van der Waals surface area contributed by atoms with Crippen molar-refractivity contribution in [2.24, 2.45) is 5.92 Å². The molecule has 276 valence electrons. The molecule has 12 nitrogen and oxygen atoms in total. The fourth-order valence-corrected chi connectivity index (χ4v) is 8.20. The van der Waals surface area contributed by atoms with Gasteiger partial charge in [-0.15, -0.1) is 11.8 Å². The van der Waals surface area contributed by atoms with E-state index in [9.17, 15) is 9.59 Å². The van der Waals surface area contributed by atoms with Crippen molar-refractivity contribution in [2.75, 3.05) is 58.1 Å². The highest BCUT2D eigenvalue weighted by molar-refractivity contribution is 7.98. The minimum Gasteiger partial charge on any atom is -0.448 e. The lowest BCUT2D eigenvalue weighted by molar-refractivity contribution is -0.139. The van der Waals surface area contributed by atoms with Gasteiger partial charge in [0.2, 0.25) is 0 Å². The molecule has 0 radical (unpaired) electrons. The van der Waals surface area contributed by atoms with E-state index in [1.165, 1.54) is 11.8 Å². The van der Waals surface area contributed by atoms with Crippen molar-refractivity contribution in [3.63, 3.8) is 0 Å². The number of piperidine rings is 1. The number of aromatic amines is 1. The van der Waals surface area contributed by atoms with Crippen LogP contribution in [0.15, 0.2) is 40.2 Å². The number of amides is 1. The van der Waals surface area contributed by atoms with Gasteiger partial charge < -0.3 is 38.9 Å². The number of hydrogen-bond acceptors (Lipinski definition) is 11. The van der Waals surface area contributed by atoms with Gasteiger partial charge in [-0.1, -0.05) is 0 Å². The number of pyridine rings is 2. The Balaban J connectivity index is 1.30. The Morgan fingerprint density at radius 2 is 1.78 bits per heavy atom. The maximum Gasteiger partial charge on any atom is 0.254 e. The predicted molar refractivity (Wildman–Crippen MR) is 198 cm³/mol. The van der Waals surface area contributed by atoms with E-state index in [-0.39, 0.29) is 42.4 Å². The second-order valence-electron chi connectivity index (χ2n) is 14.0. The van der Waals surface area contributed by atoms with Gasteiger partial charge in [-0.2, -0.15) is 0 Å². The summed E-state index contributed by atoms with van der Waals surface area (Å²) >= 11 is 1.48. The number of carbonyl (C=O) groups excluding carboxylic acids is 1. The molecule has 1 unspecified atom stereocenters. The number of methoxy groups -OCH3 is 2. The fraction of sp³-hybridized carbons (Fsp3) is 0.553. The lowest BCUT2D eigenvalue weighted by Crippen LogP contribution is -2.49. The molecule has 2 fully saturated rings. The number of benzene rings is 1. The third-order valence-electron chi connectivity index (χ3n) is 10.3. The average Bonchev–Trinajstić information content (AvgIpc) is 3.49. The standard InChI is InChI=1S/C38H51N5O7S/c1-22-15-31(51-8)30(37(45)41-22)18-40-36(44)28-16-29(26-9-10-32(39-17-26)43-19-23(2)48-24(3)20-43)35-34(25(28)4)49-38(5,50-35)27-11-13-42(14-12-27)21-33(46-6)47-7/h9-10,15-17,23-24,27,33H,11-14,18-21H2,1-8H3,(H,40,44)(H,41,45)/t23-,24+,38?. The molecule has 0 aliphatic carbocycles. The number of H-pyrrole nitrogens is 1. The minimum absolute atomic E-state index is 0.0871. The third kappa shape index (κ3) is 7.92. The molecule has 2 saturated heterocycles. The number of aromatic nitrogens is 2. The van der Waals surface area contributed by atoms with Crippen LogP contribution in [0.3, 0.4) is 0 Å². The molecule has 0 saturated carbocycles. The Hall–Kier alpha value is -3.62. The number of aryl methyl sites for hydroxylation is 1. The number of nitrogens with zero attached hydrogens (tertiary/aromatic N) is 3. The highest BCUT2D eigenvalue weighted by Crippen LogP contribution is 2.52. The number of rotatable bonds is 11. The van der Waals surface area contributed by atoms with E-state index >= 15 is 0 Å². The normalized spacial score (nSPS) is 22.5. The topological polar surface area (TPSA) is 127 Å². The number of nitrogens with one attached hydrogen (secondary N) is 2. The first-order chi connectivity index (χ1) is 24.4. The van der Waals surface area contributed by atoms with E-state index in [4.69, 9.17) is 28.7 Å². The van der Waals surface area contributed by atoms with Gasteiger partial charge in [-0.25, -0.2) is 4.98 Å². The van der Waals surface area contributed by atoms with Gasteiger partial charge in [0.15, 0.2) is 17.8 Å². The third-order valence-corrected chi connectivity index (χ3v) is 11.1. The zero-order valence-corrected chi connectivity index (χ0v) is 31.8. The van der Waals surface area contributed by atoms with Crippen molar-refractivity contribution in [3.05, 3.63) is 63.2 Å². The van der Waals surface area contributed by atoms with Crippen molar-refractivity contribution in [3.8, 4) is 22.6 Å². The van der Waals surface area contributed by atoms with E-state index in [2.05, 4.69) is 33.9 Å². The number of morpholine rings is 1. The summed E-state index contributed by atoms with van der Waals surface area (Å²) in [6.45, 7) is 13.9. The molecule has 6 rings (SSSR count). The SMILES string of the molecule is COC(CN1CCC(C2(C)Oc3c(-c4ccc(N5C[C@@H](C)O[C@@H](C)C5)nc4)cc(C(=O)NCc4c(SC)cc(C)[nH]c4=O)c(C)c3O2)CC1)OC. The van der Waals surface area contributed by atoms with E-state index in [1.54, 1.807) is 14.2 Å². The number of anilines is 1. The number of likely N-dealkylation sites (tertiary alicyclic amines) is 1. The molecule has 0 bridgehead atoms. The number of carbonyl (C=O) groups is 1. The first-order valence-corrected chi connectivity index (χ1v) is 18.9. The van der Waals surface area contributed by atoms with Gasteiger partial charge in [0.1, 0.15) is 5.82 Å². The van der Waals surface area contributed by atoms with Gasteiger partial charge in [0.25, 0.3) is 17.3 Å². The van der Waals surface area contributed by atoms with Gasteiger partial charge >= 0.3 is 0 Å². The summed E-state index contributed by atoms with van der Waals surface area (Å²) in [4.78, 5) is 39.9. The quantitative estimate of drug-likeness (QED) is 0.202. The molecular formula is C38H51N5O7S. The molecular weight excluding hydrogens is 671 g/mol. The molecule has 2 aromatic heterocycles. The number of hydrogen-bond donors (Lipinski definition) is 2. The Bertz CT molecular complexity index is 1760. The minimum atomic E-state index is -0.930. The maximum absolute atomic E-state index is 14.0. The monoisotopic (exact) mass is 721 g/mol. The molecule has 3 aliphatic heterocycles. The molecule has 1 amide bonds. The number of thioether (sulfide) groups is 1. The van der Waals surface area contributed by atoms with Crippen LogP contribution >= 0.6 is 11.8 Å². The van der Waals surface area contributed by atoms with E-state index in [1.807, 2.05) is 57.5 Å². The second kappa shape index (κ2) is 15.5. The van der Waals surface area contributed by atoms with Crippen LogP contribution in [0.2, 0.25) is 0 Å². The molecule has 5 heterocycles. The smallest absolute Gasteiger partial charge is 0.254 e. The van der Waals surface area contributed by atoms with Crippen LogP contribution in [0.1, 0.15) is 60.8 Å². The summed E-state index contributed by atoms with van der Waals surface area (Å²) in [6, 6.07) is 7.82. The van der Waals surface area contributed by atoms with Gasteiger partial charge in [0, 0.05) is 97.8 Å². The van der Waals surface area contributed by atoms with E-state index in [0.29, 0.717) is 34.7 Å². The predicted octanol–water partition coefficient (Wildman–Crippen LogP) is 5.14. The summed E-state index contributed by atoms with van der Waals surface area (Å²) in [6.07, 6.45) is 5.42. The lowest BCUT2D eigenvalue weighted by Gasteiger charge is -2.39. The molecule has 0 spiro atoms. The van der Waals surface area contributed by atoms with Crippen LogP contribution in [0.5, 0.6) is 11.5 Å². The molecule has 51 heavy (non-hydrogen) atoms. The van der Waals surface area contributed by atoms with Gasteiger partial charge in [0.05, 0.1) is 12.2 Å². The Morgan fingerprint density at radius 1 is 1.10 bits per heavy atom. The highest BCUT2D eigenvalue weighted by Gasteiger charge is 2.47. The summed E-state index contributed by atoms with van der Waals surface area (Å²) in [5, 5.41) is 3.01. The Labute approximate surface area is 304 Å². The molecule has 2 N–H and O–H groups in total. The van der Waals surface area contributed by atoms with Gasteiger partial charge in [-0.05, 0) is 84.1 Å². The lowest BCUT2D eigenvalue weighted by atomic mass is 9.89. The summed E-state index contributed by atoms with van der Waals surface area (Å²) in [5.74, 6) is 0.906. The Kier molecular flexibility index (Phi) is 11.3. The van der Waals surface area contributed by atoms with Crippen LogP contribution in [0.25, 0.3) is 11.1 Å². The van der Waals surface area contributed by atoms with Crippen LogP contribution in [0, 0.1) is 19.8 Å². The highest BCUT2D eigenvalue weighted by atomic mass is 32.2. The molecule has 1 aromatic carbocycles. The number of ether oxygens (including phenoxy) is 5. The van der Waals surface area contributed by atoms with Crippen LogP contribution in [0.4, 0.5) is 5.82 Å². The Morgan fingerprint density at radius 3 is 2.41 bits per heavy atom. The van der Waals surface area contributed by atoms with E-state index < -0.39 is 5.79 Å². The summed E-state index contributed by atoms with van der Waals surface area (Å²) in [7, 11) is 3.31. The van der Waals surface area contributed by atoms with Crippen molar-refractivity contribution < 1.29 is 28.5 Å².